The lowest BCUT2D eigenvalue weighted by Crippen LogP contribution is -2.68. The lowest BCUT2D eigenvalue weighted by molar-refractivity contribution is -0.200. The van der Waals surface area contributed by atoms with Gasteiger partial charge in [-0.2, -0.15) is 0 Å². The minimum absolute atomic E-state index is 0.0133. The molecule has 1 spiro atoms. The fourth-order valence-corrected chi connectivity index (χ4v) is 7.01. The molecular formula is C20H28O4. The van der Waals surface area contributed by atoms with Gasteiger partial charge in [-0.3, -0.25) is 9.59 Å². The van der Waals surface area contributed by atoms with Crippen molar-refractivity contribution in [3.05, 3.63) is 12.2 Å². The van der Waals surface area contributed by atoms with Gasteiger partial charge in [-0.1, -0.05) is 19.9 Å². The van der Waals surface area contributed by atoms with E-state index in [4.69, 9.17) is 0 Å². The van der Waals surface area contributed by atoms with Crippen LogP contribution in [0.1, 0.15) is 51.9 Å². The molecule has 0 amide bonds. The zero-order valence-corrected chi connectivity index (χ0v) is 14.5. The molecule has 4 nitrogen and oxygen atoms in total. The smallest absolute Gasteiger partial charge is 0.172 e. The number of aliphatic hydroxyl groups excluding tert-OH is 2. The van der Waals surface area contributed by atoms with Crippen molar-refractivity contribution in [3.8, 4) is 0 Å². The van der Waals surface area contributed by atoms with Gasteiger partial charge < -0.3 is 10.2 Å². The van der Waals surface area contributed by atoms with Crippen molar-refractivity contribution in [2.24, 2.45) is 34.0 Å². The van der Waals surface area contributed by atoms with Crippen molar-refractivity contribution in [2.45, 2.75) is 51.9 Å². The molecule has 0 heterocycles. The van der Waals surface area contributed by atoms with Crippen LogP contribution in [0.4, 0.5) is 0 Å². The molecule has 5 saturated carbocycles. The average molecular weight is 332 g/mol. The van der Waals surface area contributed by atoms with Gasteiger partial charge in [0.15, 0.2) is 5.78 Å². The summed E-state index contributed by atoms with van der Waals surface area (Å²) in [4.78, 5) is 26.3. The second-order valence-corrected chi connectivity index (χ2v) is 9.09. The maximum Gasteiger partial charge on any atom is 0.172 e. The standard InChI is InChI=1S/C20H28O4/c1-12-13-4-7-20(17(12)24)15(8-13)19(11-22)6-3-5-18(2,10-21)14(19)9-16(20)23/h13-15,21-22H,1,3-11H2,2H3/t13-,14?,15?,18-,19-,20+/m0/s1. The van der Waals surface area contributed by atoms with Crippen molar-refractivity contribution in [1.29, 1.82) is 0 Å². The molecule has 0 radical (unpaired) electrons. The van der Waals surface area contributed by atoms with Crippen LogP contribution in [-0.4, -0.2) is 35.0 Å². The third-order valence-electron chi connectivity index (χ3n) is 8.35. The van der Waals surface area contributed by atoms with E-state index < -0.39 is 10.8 Å². The second kappa shape index (κ2) is 5.01. The quantitative estimate of drug-likeness (QED) is 0.601. The maximum atomic E-state index is 13.3. The summed E-state index contributed by atoms with van der Waals surface area (Å²) in [5, 5.41) is 20.5. The summed E-state index contributed by atoms with van der Waals surface area (Å²) >= 11 is 0. The number of allylic oxidation sites excluding steroid dienone is 1. The van der Waals surface area contributed by atoms with Gasteiger partial charge >= 0.3 is 0 Å². The number of rotatable bonds is 2. The first-order chi connectivity index (χ1) is 11.4. The summed E-state index contributed by atoms with van der Waals surface area (Å²) in [7, 11) is 0. The molecule has 0 saturated heterocycles. The van der Waals surface area contributed by atoms with Crippen LogP contribution >= 0.6 is 0 Å². The Labute approximate surface area is 143 Å². The number of carbonyl (C=O) groups excluding carboxylic acids is 2. The van der Waals surface area contributed by atoms with Crippen molar-refractivity contribution < 1.29 is 19.8 Å². The van der Waals surface area contributed by atoms with E-state index in [0.29, 0.717) is 18.4 Å². The number of carbonyl (C=O) groups is 2. The highest BCUT2D eigenvalue weighted by molar-refractivity contribution is 6.16. The summed E-state index contributed by atoms with van der Waals surface area (Å²) < 4.78 is 0. The van der Waals surface area contributed by atoms with Crippen LogP contribution in [0.3, 0.4) is 0 Å². The van der Waals surface area contributed by atoms with Crippen molar-refractivity contribution in [3.63, 3.8) is 0 Å². The fourth-order valence-electron chi connectivity index (χ4n) is 7.01. The molecule has 6 atom stereocenters. The minimum Gasteiger partial charge on any atom is -0.396 e. The molecule has 2 unspecified atom stereocenters. The Balaban J connectivity index is 1.88. The van der Waals surface area contributed by atoms with Gasteiger partial charge in [0.05, 0.1) is 5.41 Å². The molecule has 0 aliphatic heterocycles. The van der Waals surface area contributed by atoms with Crippen molar-refractivity contribution >= 4 is 11.6 Å². The number of hydrogen-bond donors (Lipinski definition) is 2. The van der Waals surface area contributed by atoms with Crippen LogP contribution in [0.15, 0.2) is 12.2 Å². The van der Waals surface area contributed by atoms with E-state index in [1.54, 1.807) is 0 Å². The molecule has 5 fully saturated rings. The number of Topliss-reactive ketones (excluding diaryl/α,β-unsaturated/α-hetero) is 2. The molecule has 2 bridgehead atoms. The van der Waals surface area contributed by atoms with Gasteiger partial charge in [0.2, 0.25) is 0 Å². The summed E-state index contributed by atoms with van der Waals surface area (Å²) in [6.45, 7) is 6.09. The van der Waals surface area contributed by atoms with E-state index in [9.17, 15) is 19.8 Å². The highest BCUT2D eigenvalue weighted by atomic mass is 16.3. The molecule has 132 valence electrons. The van der Waals surface area contributed by atoms with Gasteiger partial charge in [-0.15, -0.1) is 0 Å². The zero-order chi connectivity index (χ0) is 17.3. The Hall–Kier alpha value is -1.00. The number of hydrogen-bond acceptors (Lipinski definition) is 4. The lowest BCUT2D eigenvalue weighted by atomic mass is 9.36. The van der Waals surface area contributed by atoms with Crippen LogP contribution in [-0.2, 0) is 9.59 Å². The summed E-state index contributed by atoms with van der Waals surface area (Å²) in [6.07, 6.45) is 5.30. The third-order valence-corrected chi connectivity index (χ3v) is 8.35. The van der Waals surface area contributed by atoms with Crippen LogP contribution in [0.2, 0.25) is 0 Å². The molecule has 5 aliphatic rings. The molecular weight excluding hydrogens is 304 g/mol. The molecule has 0 aromatic heterocycles. The summed E-state index contributed by atoms with van der Waals surface area (Å²) in [5.74, 6) is 0.0677. The Morgan fingerprint density at radius 2 is 1.88 bits per heavy atom. The first-order valence-electron chi connectivity index (χ1n) is 9.34. The average Bonchev–Trinajstić information content (AvgIpc) is 2.60. The predicted molar refractivity (Wildman–Crippen MR) is 89.1 cm³/mol. The molecule has 2 N–H and O–H groups in total. The highest BCUT2D eigenvalue weighted by Crippen LogP contribution is 2.69. The van der Waals surface area contributed by atoms with Crippen molar-refractivity contribution in [1.82, 2.24) is 0 Å². The van der Waals surface area contributed by atoms with Gasteiger partial charge in [0.1, 0.15) is 5.78 Å². The highest BCUT2D eigenvalue weighted by Gasteiger charge is 2.71. The SMILES string of the molecule is C=C1C(=O)[C@]23CC[C@H]1CC2[C@]1(CO)CCC[C@@](C)(CO)C1CC3=O. The lowest BCUT2D eigenvalue weighted by Gasteiger charge is -2.66. The number of aliphatic hydroxyl groups is 2. The van der Waals surface area contributed by atoms with Gasteiger partial charge in [-0.25, -0.2) is 0 Å². The van der Waals surface area contributed by atoms with Gasteiger partial charge in [0.25, 0.3) is 0 Å². The molecule has 0 aromatic rings. The number of ketones is 2. The summed E-state index contributed by atoms with van der Waals surface area (Å²) in [6, 6.07) is 0. The molecule has 0 aromatic carbocycles. The van der Waals surface area contributed by atoms with Crippen LogP contribution in [0.25, 0.3) is 0 Å². The molecule has 24 heavy (non-hydrogen) atoms. The Morgan fingerprint density at radius 1 is 1.12 bits per heavy atom. The third kappa shape index (κ3) is 1.67. The topological polar surface area (TPSA) is 74.6 Å². The molecule has 5 rings (SSSR count). The monoisotopic (exact) mass is 332 g/mol. The van der Waals surface area contributed by atoms with Crippen molar-refractivity contribution in [2.75, 3.05) is 13.2 Å². The van der Waals surface area contributed by atoms with Crippen LogP contribution in [0, 0.1) is 34.0 Å². The van der Waals surface area contributed by atoms with E-state index in [-0.39, 0.29) is 47.9 Å². The van der Waals surface area contributed by atoms with E-state index in [2.05, 4.69) is 6.58 Å². The van der Waals surface area contributed by atoms with Gasteiger partial charge in [0, 0.05) is 25.0 Å². The fraction of sp³-hybridized carbons (Fsp3) is 0.800. The number of fused-ring (bicyclic) bond motifs is 3. The Kier molecular flexibility index (Phi) is 3.44. The first-order valence-corrected chi connectivity index (χ1v) is 9.34. The minimum atomic E-state index is -0.932. The van der Waals surface area contributed by atoms with Crippen LogP contribution < -0.4 is 0 Å². The maximum absolute atomic E-state index is 13.3. The second-order valence-electron chi connectivity index (χ2n) is 9.09. The largest absolute Gasteiger partial charge is 0.396 e. The zero-order valence-electron chi connectivity index (χ0n) is 14.5. The van der Waals surface area contributed by atoms with Crippen LogP contribution in [0.5, 0.6) is 0 Å². The Bertz CT molecular complexity index is 625. The normalized spacial score (nSPS) is 50.6. The van der Waals surface area contributed by atoms with E-state index in [1.807, 2.05) is 6.92 Å². The molecule has 4 heteroatoms. The molecule has 5 aliphatic carbocycles. The van der Waals surface area contributed by atoms with Gasteiger partial charge in [-0.05, 0) is 60.8 Å². The van der Waals surface area contributed by atoms with E-state index in [0.717, 1.165) is 32.1 Å². The predicted octanol–water partition coefficient (Wildman–Crippen LogP) is 2.28. The Morgan fingerprint density at radius 3 is 2.54 bits per heavy atom. The van der Waals surface area contributed by atoms with E-state index in [1.165, 1.54) is 0 Å². The summed E-state index contributed by atoms with van der Waals surface area (Å²) in [5.41, 5.74) is -1.04. The first kappa shape index (κ1) is 16.5. The van der Waals surface area contributed by atoms with E-state index >= 15 is 0 Å².